The molecule has 3 heteroatoms. The highest BCUT2D eigenvalue weighted by molar-refractivity contribution is 5.22. The van der Waals surface area contributed by atoms with Crippen molar-refractivity contribution in [2.24, 2.45) is 0 Å². The van der Waals surface area contributed by atoms with Crippen LogP contribution < -0.4 is 5.32 Å². The third kappa shape index (κ3) is 5.63. The molecule has 0 heterocycles. The molecule has 0 saturated heterocycles. The Bertz CT molecular complexity index is 344. The van der Waals surface area contributed by atoms with Gasteiger partial charge in [-0.3, -0.25) is 0 Å². The van der Waals surface area contributed by atoms with Crippen molar-refractivity contribution >= 4 is 0 Å². The van der Waals surface area contributed by atoms with Gasteiger partial charge in [-0.15, -0.1) is 0 Å². The zero-order chi connectivity index (χ0) is 13.6. The summed E-state index contributed by atoms with van der Waals surface area (Å²) in [6.07, 6.45) is 1.07. The van der Waals surface area contributed by atoms with E-state index in [4.69, 9.17) is 0 Å². The average Bonchev–Trinajstić information content (AvgIpc) is 2.28. The van der Waals surface area contributed by atoms with E-state index in [1.165, 1.54) is 11.1 Å². The largest absolute Gasteiger partial charge is 0.388 e. The van der Waals surface area contributed by atoms with Gasteiger partial charge in [0.25, 0.3) is 0 Å². The molecule has 0 aliphatic rings. The van der Waals surface area contributed by atoms with Crippen LogP contribution in [0.4, 0.5) is 0 Å². The van der Waals surface area contributed by atoms with Crippen LogP contribution in [0.3, 0.4) is 0 Å². The minimum absolute atomic E-state index is 0.598. The van der Waals surface area contributed by atoms with Crippen molar-refractivity contribution < 1.29 is 5.11 Å². The van der Waals surface area contributed by atoms with Gasteiger partial charge in [-0.05, 0) is 38.6 Å². The first-order valence-electron chi connectivity index (χ1n) is 6.58. The molecule has 1 atom stereocenters. The molecule has 0 aliphatic carbocycles. The maximum absolute atomic E-state index is 10.1. The van der Waals surface area contributed by atoms with Crippen molar-refractivity contribution in [2.75, 3.05) is 27.2 Å². The number of nitrogens with one attached hydrogen (secondary N) is 1. The van der Waals surface area contributed by atoms with E-state index in [2.05, 4.69) is 36.5 Å². The topological polar surface area (TPSA) is 35.5 Å². The summed E-state index contributed by atoms with van der Waals surface area (Å²) in [5.74, 6) is 0. The Morgan fingerprint density at radius 3 is 2.22 bits per heavy atom. The molecule has 1 unspecified atom stereocenters. The summed E-state index contributed by atoms with van der Waals surface area (Å²) in [6.45, 7) is 6.08. The molecule has 1 rings (SSSR count). The van der Waals surface area contributed by atoms with Crippen LogP contribution in [-0.2, 0) is 13.0 Å². The summed E-state index contributed by atoms with van der Waals surface area (Å²) in [7, 11) is 3.94. The van der Waals surface area contributed by atoms with E-state index in [0.717, 1.165) is 13.0 Å². The Hall–Kier alpha value is -0.900. The van der Waals surface area contributed by atoms with Crippen molar-refractivity contribution in [3.63, 3.8) is 0 Å². The van der Waals surface area contributed by atoms with E-state index < -0.39 is 5.60 Å². The highest BCUT2D eigenvalue weighted by Gasteiger charge is 2.20. The molecule has 0 saturated carbocycles. The van der Waals surface area contributed by atoms with Gasteiger partial charge < -0.3 is 15.3 Å². The molecule has 1 aromatic rings. The van der Waals surface area contributed by atoms with Gasteiger partial charge in [0.15, 0.2) is 0 Å². The maximum atomic E-state index is 10.1. The van der Waals surface area contributed by atoms with Crippen molar-refractivity contribution in [1.82, 2.24) is 10.2 Å². The van der Waals surface area contributed by atoms with Gasteiger partial charge in [-0.25, -0.2) is 0 Å². The summed E-state index contributed by atoms with van der Waals surface area (Å²) in [6, 6.07) is 8.61. The Kier molecular flexibility index (Phi) is 5.79. The molecule has 0 amide bonds. The third-order valence-electron chi connectivity index (χ3n) is 2.92. The minimum Gasteiger partial charge on any atom is -0.388 e. The molecule has 1 aromatic carbocycles. The molecular formula is C15H26N2O. The normalized spacial score (nSPS) is 14.8. The first-order chi connectivity index (χ1) is 8.43. The molecule has 2 N–H and O–H groups in total. The fourth-order valence-electron chi connectivity index (χ4n) is 2.11. The number of hydrogen-bond acceptors (Lipinski definition) is 3. The molecule has 102 valence electrons. The summed E-state index contributed by atoms with van der Waals surface area (Å²) < 4.78 is 0. The summed E-state index contributed by atoms with van der Waals surface area (Å²) in [4.78, 5) is 2.00. The van der Waals surface area contributed by atoms with Crippen LogP contribution in [0.1, 0.15) is 25.0 Å². The van der Waals surface area contributed by atoms with Crippen molar-refractivity contribution in [1.29, 1.82) is 0 Å². The van der Waals surface area contributed by atoms with Gasteiger partial charge in [0.2, 0.25) is 0 Å². The zero-order valence-electron chi connectivity index (χ0n) is 12.0. The standard InChI is InChI=1S/C15H26N2O/c1-5-13-6-8-14(9-7-13)10-16-11-15(2,18)12-17(3)4/h6-9,16,18H,5,10-12H2,1-4H3. The first kappa shape index (κ1) is 15.2. The quantitative estimate of drug-likeness (QED) is 0.772. The molecule has 0 fully saturated rings. The second kappa shape index (κ2) is 6.88. The number of aryl methyl sites for hydroxylation is 1. The maximum Gasteiger partial charge on any atom is 0.0869 e. The predicted molar refractivity (Wildman–Crippen MR) is 76.7 cm³/mol. The number of benzene rings is 1. The molecule has 3 nitrogen and oxygen atoms in total. The van der Waals surface area contributed by atoms with Crippen LogP contribution >= 0.6 is 0 Å². The predicted octanol–water partition coefficient (Wildman–Crippen LogP) is 1.65. The third-order valence-corrected chi connectivity index (χ3v) is 2.92. The van der Waals surface area contributed by atoms with Gasteiger partial charge in [-0.2, -0.15) is 0 Å². The highest BCUT2D eigenvalue weighted by atomic mass is 16.3. The van der Waals surface area contributed by atoms with Gasteiger partial charge >= 0.3 is 0 Å². The number of rotatable bonds is 7. The fourth-order valence-corrected chi connectivity index (χ4v) is 2.11. The molecule has 0 aliphatic heterocycles. The van der Waals surface area contributed by atoms with E-state index >= 15 is 0 Å². The molecule has 0 aromatic heterocycles. The molecule has 0 radical (unpaired) electrons. The highest BCUT2D eigenvalue weighted by Crippen LogP contribution is 2.06. The molecule has 18 heavy (non-hydrogen) atoms. The minimum atomic E-state index is -0.688. The SMILES string of the molecule is CCc1ccc(CNCC(C)(O)CN(C)C)cc1. The van der Waals surface area contributed by atoms with Crippen molar-refractivity contribution in [2.45, 2.75) is 32.4 Å². The molecule has 0 spiro atoms. The molecule has 0 bridgehead atoms. The number of hydrogen-bond donors (Lipinski definition) is 2. The lowest BCUT2D eigenvalue weighted by atomic mass is 10.1. The van der Waals surface area contributed by atoms with Gasteiger partial charge in [0, 0.05) is 19.6 Å². The summed E-state index contributed by atoms with van der Waals surface area (Å²) in [5.41, 5.74) is 1.93. The van der Waals surface area contributed by atoms with E-state index in [-0.39, 0.29) is 0 Å². The van der Waals surface area contributed by atoms with Gasteiger partial charge in [0.1, 0.15) is 0 Å². The van der Waals surface area contributed by atoms with Crippen LogP contribution in [0.25, 0.3) is 0 Å². The Morgan fingerprint density at radius 2 is 1.72 bits per heavy atom. The monoisotopic (exact) mass is 250 g/mol. The number of likely N-dealkylation sites (N-methyl/N-ethyl adjacent to an activating group) is 1. The first-order valence-corrected chi connectivity index (χ1v) is 6.58. The Balaban J connectivity index is 2.36. The van der Waals surface area contributed by atoms with E-state index in [1.807, 2.05) is 25.9 Å². The van der Waals surface area contributed by atoms with Gasteiger partial charge in [0.05, 0.1) is 5.60 Å². The second-order valence-electron chi connectivity index (χ2n) is 5.51. The van der Waals surface area contributed by atoms with Crippen LogP contribution in [0, 0.1) is 0 Å². The smallest absolute Gasteiger partial charge is 0.0869 e. The lowest BCUT2D eigenvalue weighted by Gasteiger charge is -2.27. The average molecular weight is 250 g/mol. The lowest BCUT2D eigenvalue weighted by molar-refractivity contribution is 0.0336. The van der Waals surface area contributed by atoms with Crippen LogP contribution in [0.2, 0.25) is 0 Å². The summed E-state index contributed by atoms with van der Waals surface area (Å²) >= 11 is 0. The lowest BCUT2D eigenvalue weighted by Crippen LogP contribution is -2.45. The van der Waals surface area contributed by atoms with Crippen molar-refractivity contribution in [3.05, 3.63) is 35.4 Å². The van der Waals surface area contributed by atoms with E-state index in [1.54, 1.807) is 0 Å². The van der Waals surface area contributed by atoms with E-state index in [9.17, 15) is 5.11 Å². The van der Waals surface area contributed by atoms with E-state index in [0.29, 0.717) is 13.1 Å². The zero-order valence-corrected chi connectivity index (χ0v) is 12.0. The number of nitrogens with zero attached hydrogens (tertiary/aromatic N) is 1. The Morgan fingerprint density at radius 1 is 1.17 bits per heavy atom. The van der Waals surface area contributed by atoms with Gasteiger partial charge in [-0.1, -0.05) is 31.2 Å². The second-order valence-corrected chi connectivity index (χ2v) is 5.51. The molecular weight excluding hydrogens is 224 g/mol. The Labute approximate surface area is 111 Å². The van der Waals surface area contributed by atoms with Crippen LogP contribution in [0.5, 0.6) is 0 Å². The van der Waals surface area contributed by atoms with Crippen LogP contribution in [0.15, 0.2) is 24.3 Å². The number of aliphatic hydroxyl groups is 1. The summed E-state index contributed by atoms with van der Waals surface area (Å²) in [5, 5.41) is 13.4. The van der Waals surface area contributed by atoms with Crippen LogP contribution in [-0.4, -0.2) is 42.8 Å². The fraction of sp³-hybridized carbons (Fsp3) is 0.600. The van der Waals surface area contributed by atoms with Crippen molar-refractivity contribution in [3.8, 4) is 0 Å².